The number of nitrogen functional groups attached to an aromatic ring is 1. The molecule has 1 heterocycles. The van der Waals surface area contributed by atoms with Gasteiger partial charge in [0.15, 0.2) is 0 Å². The molecule has 7 N–H and O–H groups in total. The zero-order chi connectivity index (χ0) is 22.8. The van der Waals surface area contributed by atoms with E-state index in [9.17, 15) is 14.4 Å². The van der Waals surface area contributed by atoms with Crippen LogP contribution in [-0.4, -0.2) is 43.1 Å². The first-order valence-electron chi connectivity index (χ1n) is 9.77. The molecule has 0 fully saturated rings. The first-order valence-corrected chi connectivity index (χ1v) is 9.77. The van der Waals surface area contributed by atoms with E-state index in [4.69, 9.17) is 26.5 Å². The van der Waals surface area contributed by atoms with Crippen molar-refractivity contribution in [3.63, 3.8) is 0 Å². The molecule has 11 nitrogen and oxygen atoms in total. The summed E-state index contributed by atoms with van der Waals surface area (Å²) in [6.45, 7) is 1.87. The second-order valence-corrected chi connectivity index (χ2v) is 6.83. The standard InChI is InChI=1S/C20H27N5O6/c1-2-3-8-29-20(28)30-19(27)15(21)11-24-17(26)10-14-9-16(31-25-14)12-4-6-13(7-5-12)18(22)23/h4-7,9,15-16,25H,2-3,8,10-11,21H2,1H3,(H3,22,23)(H,24,26)/t15-,16?/m0/s1. The number of amides is 1. The fourth-order valence-electron chi connectivity index (χ4n) is 2.53. The molecular formula is C20H27N5O6. The molecule has 11 heteroatoms. The summed E-state index contributed by atoms with van der Waals surface area (Å²) in [5, 5.41) is 9.90. The molecule has 1 aliphatic heterocycles. The van der Waals surface area contributed by atoms with Crippen LogP contribution in [0.25, 0.3) is 0 Å². The van der Waals surface area contributed by atoms with Crippen LogP contribution in [0.15, 0.2) is 36.0 Å². The summed E-state index contributed by atoms with van der Waals surface area (Å²) in [7, 11) is 0. The third-order valence-corrected chi connectivity index (χ3v) is 4.29. The molecule has 1 amide bonds. The number of benzene rings is 1. The van der Waals surface area contributed by atoms with E-state index in [-0.39, 0.29) is 25.4 Å². The highest BCUT2D eigenvalue weighted by Gasteiger charge is 2.23. The Balaban J connectivity index is 1.75. The molecule has 31 heavy (non-hydrogen) atoms. The monoisotopic (exact) mass is 433 g/mol. The van der Waals surface area contributed by atoms with Crippen LogP contribution in [0.3, 0.4) is 0 Å². The highest BCUT2D eigenvalue weighted by molar-refractivity contribution is 5.94. The van der Waals surface area contributed by atoms with Crippen LogP contribution in [0.5, 0.6) is 0 Å². The molecular weight excluding hydrogens is 406 g/mol. The van der Waals surface area contributed by atoms with E-state index in [1.165, 1.54) is 0 Å². The lowest BCUT2D eigenvalue weighted by atomic mass is 10.1. The molecule has 2 atom stereocenters. The van der Waals surface area contributed by atoms with Gasteiger partial charge >= 0.3 is 12.1 Å². The van der Waals surface area contributed by atoms with Crippen molar-refractivity contribution in [3.8, 4) is 0 Å². The second kappa shape index (κ2) is 11.7. The molecule has 1 unspecified atom stereocenters. The van der Waals surface area contributed by atoms with Crippen molar-refractivity contribution in [2.75, 3.05) is 13.2 Å². The number of esters is 1. The van der Waals surface area contributed by atoms with E-state index in [2.05, 4.69) is 15.5 Å². The van der Waals surface area contributed by atoms with Gasteiger partial charge in [0.25, 0.3) is 0 Å². The zero-order valence-corrected chi connectivity index (χ0v) is 17.2. The predicted octanol–water partition coefficient (Wildman–Crippen LogP) is 0.744. The van der Waals surface area contributed by atoms with Crippen LogP contribution >= 0.6 is 0 Å². The Kier molecular flexibility index (Phi) is 8.97. The highest BCUT2D eigenvalue weighted by Crippen LogP contribution is 2.25. The number of rotatable bonds is 10. The largest absolute Gasteiger partial charge is 0.516 e. The van der Waals surface area contributed by atoms with Crippen LogP contribution in [0, 0.1) is 5.41 Å². The van der Waals surface area contributed by atoms with E-state index in [1.807, 2.05) is 6.92 Å². The minimum Gasteiger partial charge on any atom is -0.434 e. The van der Waals surface area contributed by atoms with Gasteiger partial charge in [0.05, 0.1) is 13.0 Å². The third kappa shape index (κ3) is 7.72. The van der Waals surface area contributed by atoms with Crippen molar-refractivity contribution in [1.82, 2.24) is 10.8 Å². The highest BCUT2D eigenvalue weighted by atomic mass is 16.7. The summed E-state index contributed by atoms with van der Waals surface area (Å²) in [6.07, 6.45) is 1.69. The number of nitrogens with one attached hydrogen (secondary N) is 3. The second-order valence-electron chi connectivity index (χ2n) is 6.83. The van der Waals surface area contributed by atoms with Gasteiger partial charge in [0.1, 0.15) is 18.0 Å². The lowest BCUT2D eigenvalue weighted by Crippen LogP contribution is -2.44. The van der Waals surface area contributed by atoms with Crippen molar-refractivity contribution in [2.45, 2.75) is 38.3 Å². The Morgan fingerprint density at radius 3 is 2.65 bits per heavy atom. The van der Waals surface area contributed by atoms with Crippen molar-refractivity contribution in [3.05, 3.63) is 47.2 Å². The Bertz CT molecular complexity index is 839. The smallest absolute Gasteiger partial charge is 0.434 e. The molecule has 0 bridgehead atoms. The fraction of sp³-hybridized carbons (Fsp3) is 0.400. The normalized spacial score (nSPS) is 15.9. The topological polar surface area (TPSA) is 179 Å². The van der Waals surface area contributed by atoms with Crippen molar-refractivity contribution in [2.24, 2.45) is 11.5 Å². The van der Waals surface area contributed by atoms with E-state index in [0.29, 0.717) is 17.7 Å². The SMILES string of the molecule is CCCCOC(=O)OC(=O)[C@@H](N)CNC(=O)CC1=CC(c2ccc(C(=N)N)cc2)ON1. The number of ether oxygens (including phenoxy) is 2. The van der Waals surface area contributed by atoms with Gasteiger partial charge < -0.3 is 26.3 Å². The lowest BCUT2D eigenvalue weighted by Gasteiger charge is -2.12. The predicted molar refractivity (Wildman–Crippen MR) is 110 cm³/mol. The van der Waals surface area contributed by atoms with Crippen LogP contribution in [-0.2, 0) is 23.9 Å². The Morgan fingerprint density at radius 1 is 1.29 bits per heavy atom. The summed E-state index contributed by atoms with van der Waals surface area (Å²) >= 11 is 0. The number of unbranched alkanes of at least 4 members (excludes halogenated alkanes) is 1. The van der Waals surface area contributed by atoms with E-state index >= 15 is 0 Å². The summed E-state index contributed by atoms with van der Waals surface area (Å²) in [4.78, 5) is 40.6. The first kappa shape index (κ1) is 23.8. The van der Waals surface area contributed by atoms with E-state index in [1.54, 1.807) is 30.3 Å². The van der Waals surface area contributed by atoms with Gasteiger partial charge in [-0.25, -0.2) is 9.59 Å². The summed E-state index contributed by atoms with van der Waals surface area (Å²) in [5.74, 6) is -1.42. The van der Waals surface area contributed by atoms with Crippen LogP contribution < -0.4 is 22.3 Å². The Morgan fingerprint density at radius 2 is 2.00 bits per heavy atom. The molecule has 168 valence electrons. The average molecular weight is 433 g/mol. The van der Waals surface area contributed by atoms with Gasteiger partial charge in [-0.3, -0.25) is 20.5 Å². The van der Waals surface area contributed by atoms with Gasteiger partial charge in [-0.1, -0.05) is 37.6 Å². The third-order valence-electron chi connectivity index (χ3n) is 4.29. The molecule has 1 aromatic carbocycles. The molecule has 0 aromatic heterocycles. The molecule has 0 spiro atoms. The van der Waals surface area contributed by atoms with E-state index in [0.717, 1.165) is 12.0 Å². The summed E-state index contributed by atoms with van der Waals surface area (Å²) in [6, 6.07) is 5.76. The van der Waals surface area contributed by atoms with Crippen LogP contribution in [0.4, 0.5) is 4.79 Å². The molecule has 0 radical (unpaired) electrons. The van der Waals surface area contributed by atoms with Crippen LogP contribution in [0.1, 0.15) is 43.4 Å². The molecule has 1 aromatic rings. The van der Waals surface area contributed by atoms with Gasteiger partial charge in [-0.05, 0) is 18.1 Å². The number of nitrogens with two attached hydrogens (primary N) is 2. The first-order chi connectivity index (χ1) is 14.8. The number of hydrogen-bond acceptors (Lipinski definition) is 9. The molecule has 0 saturated carbocycles. The zero-order valence-electron chi connectivity index (χ0n) is 17.2. The van der Waals surface area contributed by atoms with Gasteiger partial charge in [-0.15, -0.1) is 0 Å². The van der Waals surface area contributed by atoms with Crippen molar-refractivity contribution in [1.29, 1.82) is 5.41 Å². The Hall–Kier alpha value is -3.44. The maximum absolute atomic E-state index is 12.1. The maximum Gasteiger partial charge on any atom is 0.516 e. The van der Waals surface area contributed by atoms with Crippen molar-refractivity contribution >= 4 is 23.9 Å². The van der Waals surface area contributed by atoms with Gasteiger partial charge in [0, 0.05) is 17.8 Å². The number of hydroxylamine groups is 1. The number of hydrogen-bond donors (Lipinski definition) is 5. The quantitative estimate of drug-likeness (QED) is 0.117. The molecule has 0 aliphatic carbocycles. The van der Waals surface area contributed by atoms with Crippen LogP contribution in [0.2, 0.25) is 0 Å². The van der Waals surface area contributed by atoms with Gasteiger partial charge in [-0.2, -0.15) is 0 Å². The molecule has 2 rings (SSSR count). The number of carbonyl (C=O) groups is 3. The van der Waals surface area contributed by atoms with Gasteiger partial charge in [0.2, 0.25) is 5.91 Å². The maximum atomic E-state index is 12.1. The molecule has 0 saturated heterocycles. The summed E-state index contributed by atoms with van der Waals surface area (Å²) in [5.41, 5.74) is 15.7. The minimum absolute atomic E-state index is 0.0249. The van der Waals surface area contributed by atoms with Crippen molar-refractivity contribution < 1.29 is 28.7 Å². The van der Waals surface area contributed by atoms with E-state index < -0.39 is 30.2 Å². The number of carbonyl (C=O) groups excluding carboxylic acids is 3. The fourth-order valence-corrected chi connectivity index (χ4v) is 2.53. The minimum atomic E-state index is -1.21. The lowest BCUT2D eigenvalue weighted by molar-refractivity contribution is -0.141. The number of amidine groups is 1. The average Bonchev–Trinajstić information content (AvgIpc) is 3.20. The molecule has 1 aliphatic rings. The summed E-state index contributed by atoms with van der Waals surface area (Å²) < 4.78 is 9.18. The Labute approximate surface area is 179 Å².